The summed E-state index contributed by atoms with van der Waals surface area (Å²) in [7, 11) is 0. The van der Waals surface area contributed by atoms with Crippen LogP contribution in [-0.2, 0) is 9.53 Å². The third kappa shape index (κ3) is 4.39. The van der Waals surface area contributed by atoms with Gasteiger partial charge >= 0.3 is 5.97 Å². The summed E-state index contributed by atoms with van der Waals surface area (Å²) in [5.74, 6) is -0.883. The number of nitrogens with one attached hydrogen (secondary N) is 1. The van der Waals surface area contributed by atoms with Gasteiger partial charge in [-0.3, -0.25) is 4.79 Å². The first kappa shape index (κ1) is 17.0. The van der Waals surface area contributed by atoms with E-state index in [2.05, 4.69) is 5.32 Å². The molecule has 0 spiro atoms. The zero-order valence-corrected chi connectivity index (χ0v) is 14.5. The van der Waals surface area contributed by atoms with E-state index in [0.29, 0.717) is 11.3 Å². The second-order valence-electron chi connectivity index (χ2n) is 5.42. The predicted octanol–water partition coefficient (Wildman–Crippen LogP) is 4.36. The van der Waals surface area contributed by atoms with Crippen LogP contribution < -0.4 is 5.32 Å². The van der Waals surface area contributed by atoms with Crippen LogP contribution >= 0.6 is 11.8 Å². The standard InChI is InChI=1S/C20H17NO3S/c1-25-18-8-4-7-17(12-18)21-19(22)13-24-20(23)16-10-9-14-5-2-3-6-15(14)11-16/h2-12H,13H2,1H3,(H,21,22). The zero-order valence-electron chi connectivity index (χ0n) is 13.7. The highest BCUT2D eigenvalue weighted by molar-refractivity contribution is 7.98. The highest BCUT2D eigenvalue weighted by Crippen LogP contribution is 2.19. The van der Waals surface area contributed by atoms with Gasteiger partial charge in [0, 0.05) is 10.6 Å². The predicted molar refractivity (Wildman–Crippen MR) is 101 cm³/mol. The van der Waals surface area contributed by atoms with Crippen molar-refractivity contribution in [3.05, 3.63) is 72.3 Å². The first-order valence-corrected chi connectivity index (χ1v) is 8.98. The molecule has 3 aromatic carbocycles. The molecule has 3 rings (SSSR count). The average Bonchev–Trinajstić information content (AvgIpc) is 2.65. The molecule has 0 atom stereocenters. The van der Waals surface area contributed by atoms with Crippen molar-refractivity contribution in [1.29, 1.82) is 0 Å². The summed E-state index contributed by atoms with van der Waals surface area (Å²) in [4.78, 5) is 25.2. The molecule has 0 aliphatic carbocycles. The van der Waals surface area contributed by atoms with Gasteiger partial charge in [0.1, 0.15) is 0 Å². The number of ether oxygens (including phenoxy) is 1. The number of esters is 1. The number of carbonyl (C=O) groups excluding carboxylic acids is 2. The molecular formula is C20H17NO3S. The Morgan fingerprint density at radius 3 is 2.56 bits per heavy atom. The van der Waals surface area contributed by atoms with Crippen molar-refractivity contribution in [2.75, 3.05) is 18.2 Å². The van der Waals surface area contributed by atoms with Gasteiger partial charge in [0.25, 0.3) is 5.91 Å². The van der Waals surface area contributed by atoms with Crippen LogP contribution in [0.25, 0.3) is 10.8 Å². The van der Waals surface area contributed by atoms with E-state index in [1.54, 1.807) is 30.0 Å². The molecule has 3 aromatic rings. The maximum atomic E-state index is 12.1. The summed E-state index contributed by atoms with van der Waals surface area (Å²) in [6.07, 6.45) is 1.96. The van der Waals surface area contributed by atoms with Crippen LogP contribution in [0.3, 0.4) is 0 Å². The van der Waals surface area contributed by atoms with Gasteiger partial charge < -0.3 is 10.1 Å². The average molecular weight is 351 g/mol. The summed E-state index contributed by atoms with van der Waals surface area (Å²) in [6, 6.07) is 20.6. The van der Waals surface area contributed by atoms with E-state index in [0.717, 1.165) is 15.7 Å². The first-order chi connectivity index (χ1) is 12.2. The molecule has 1 amide bonds. The van der Waals surface area contributed by atoms with Crippen LogP contribution in [0.1, 0.15) is 10.4 Å². The van der Waals surface area contributed by atoms with Gasteiger partial charge in [0.15, 0.2) is 6.61 Å². The lowest BCUT2D eigenvalue weighted by Crippen LogP contribution is -2.20. The second kappa shape index (κ2) is 7.85. The number of amides is 1. The lowest BCUT2D eigenvalue weighted by atomic mass is 10.1. The minimum Gasteiger partial charge on any atom is -0.452 e. The van der Waals surface area contributed by atoms with Gasteiger partial charge in [-0.2, -0.15) is 0 Å². The van der Waals surface area contributed by atoms with Crippen molar-refractivity contribution in [2.45, 2.75) is 4.90 Å². The molecule has 0 saturated heterocycles. The highest BCUT2D eigenvalue weighted by atomic mass is 32.2. The van der Waals surface area contributed by atoms with Crippen LogP contribution in [-0.4, -0.2) is 24.7 Å². The van der Waals surface area contributed by atoms with E-state index in [1.807, 2.05) is 54.8 Å². The van der Waals surface area contributed by atoms with Crippen molar-refractivity contribution in [3.8, 4) is 0 Å². The molecule has 1 N–H and O–H groups in total. The Hall–Kier alpha value is -2.79. The molecule has 0 aromatic heterocycles. The third-order valence-electron chi connectivity index (χ3n) is 3.67. The highest BCUT2D eigenvalue weighted by Gasteiger charge is 2.11. The Labute approximate surface area is 150 Å². The Bertz CT molecular complexity index is 923. The maximum absolute atomic E-state index is 12.1. The van der Waals surface area contributed by atoms with Gasteiger partial charge in [-0.15, -0.1) is 11.8 Å². The SMILES string of the molecule is CSc1cccc(NC(=O)COC(=O)c2ccc3ccccc3c2)c1. The van der Waals surface area contributed by atoms with E-state index in [4.69, 9.17) is 4.74 Å². The van der Waals surface area contributed by atoms with Crippen LogP contribution in [0, 0.1) is 0 Å². The topological polar surface area (TPSA) is 55.4 Å². The summed E-state index contributed by atoms with van der Waals surface area (Å²) < 4.78 is 5.11. The second-order valence-corrected chi connectivity index (χ2v) is 6.30. The summed E-state index contributed by atoms with van der Waals surface area (Å²) in [6.45, 7) is -0.324. The van der Waals surface area contributed by atoms with E-state index in [-0.39, 0.29) is 12.5 Å². The zero-order chi connectivity index (χ0) is 17.6. The van der Waals surface area contributed by atoms with Crippen molar-refractivity contribution >= 4 is 40.1 Å². The fraction of sp³-hybridized carbons (Fsp3) is 0.100. The van der Waals surface area contributed by atoms with Crippen LogP contribution in [0.4, 0.5) is 5.69 Å². The van der Waals surface area contributed by atoms with E-state index in [9.17, 15) is 9.59 Å². The third-order valence-corrected chi connectivity index (χ3v) is 4.40. The fourth-order valence-corrected chi connectivity index (χ4v) is 2.89. The summed E-state index contributed by atoms with van der Waals surface area (Å²) in [5.41, 5.74) is 1.11. The summed E-state index contributed by atoms with van der Waals surface area (Å²) >= 11 is 1.59. The van der Waals surface area contributed by atoms with Crippen molar-refractivity contribution in [2.24, 2.45) is 0 Å². The normalized spacial score (nSPS) is 10.4. The lowest BCUT2D eigenvalue weighted by Gasteiger charge is -2.08. The molecule has 25 heavy (non-hydrogen) atoms. The monoisotopic (exact) mass is 351 g/mol. The molecule has 0 aliphatic heterocycles. The molecular weight excluding hydrogens is 334 g/mol. The first-order valence-electron chi connectivity index (χ1n) is 7.75. The summed E-state index contributed by atoms with van der Waals surface area (Å²) in [5, 5.41) is 4.72. The molecule has 0 fully saturated rings. The van der Waals surface area contributed by atoms with E-state index in [1.165, 1.54) is 0 Å². The van der Waals surface area contributed by atoms with Crippen LogP contribution in [0.5, 0.6) is 0 Å². The number of rotatable bonds is 5. The molecule has 4 nitrogen and oxygen atoms in total. The van der Waals surface area contributed by atoms with Crippen molar-refractivity contribution in [1.82, 2.24) is 0 Å². The molecule has 0 radical (unpaired) electrons. The van der Waals surface area contributed by atoms with Gasteiger partial charge in [0.2, 0.25) is 0 Å². The van der Waals surface area contributed by atoms with Crippen LogP contribution in [0.2, 0.25) is 0 Å². The van der Waals surface area contributed by atoms with Gasteiger partial charge in [-0.05, 0) is 47.4 Å². The number of carbonyl (C=O) groups is 2. The van der Waals surface area contributed by atoms with Gasteiger partial charge in [0.05, 0.1) is 5.56 Å². The fourth-order valence-electron chi connectivity index (χ4n) is 2.43. The van der Waals surface area contributed by atoms with Crippen molar-refractivity contribution in [3.63, 3.8) is 0 Å². The molecule has 0 aliphatic rings. The number of thioether (sulfide) groups is 1. The smallest absolute Gasteiger partial charge is 0.338 e. The number of hydrogen-bond acceptors (Lipinski definition) is 4. The number of hydrogen-bond donors (Lipinski definition) is 1. The van der Waals surface area contributed by atoms with Gasteiger partial charge in [-0.1, -0.05) is 36.4 Å². The van der Waals surface area contributed by atoms with E-state index < -0.39 is 5.97 Å². The van der Waals surface area contributed by atoms with Crippen LogP contribution in [0.15, 0.2) is 71.6 Å². The Balaban J connectivity index is 1.59. The molecule has 0 unspecified atom stereocenters. The minimum atomic E-state index is -0.515. The molecule has 5 heteroatoms. The number of fused-ring (bicyclic) bond motifs is 1. The largest absolute Gasteiger partial charge is 0.452 e. The van der Waals surface area contributed by atoms with Crippen molar-refractivity contribution < 1.29 is 14.3 Å². The molecule has 0 heterocycles. The molecule has 126 valence electrons. The lowest BCUT2D eigenvalue weighted by molar-refractivity contribution is -0.119. The van der Waals surface area contributed by atoms with E-state index >= 15 is 0 Å². The molecule has 0 bridgehead atoms. The van der Waals surface area contributed by atoms with Gasteiger partial charge in [-0.25, -0.2) is 4.79 Å². The number of benzene rings is 3. The Morgan fingerprint density at radius 1 is 0.960 bits per heavy atom. The maximum Gasteiger partial charge on any atom is 0.338 e. The number of anilines is 1. The Morgan fingerprint density at radius 2 is 1.76 bits per heavy atom. The minimum absolute atomic E-state index is 0.324. The molecule has 0 saturated carbocycles. The Kier molecular flexibility index (Phi) is 5.36. The quantitative estimate of drug-likeness (QED) is 0.548.